The number of amides is 1. The highest BCUT2D eigenvalue weighted by atomic mass is 16.1. The number of aryl methyl sites for hydroxylation is 1. The van der Waals surface area contributed by atoms with E-state index in [1.165, 1.54) is 0 Å². The first-order valence-electron chi connectivity index (χ1n) is 13.3. The van der Waals surface area contributed by atoms with Gasteiger partial charge in [-0.05, 0) is 67.8 Å². The van der Waals surface area contributed by atoms with Crippen LogP contribution in [0.25, 0.3) is 22.2 Å². The summed E-state index contributed by atoms with van der Waals surface area (Å²) in [6.07, 6.45) is 1.07. The van der Waals surface area contributed by atoms with Gasteiger partial charge in [-0.2, -0.15) is 0 Å². The van der Waals surface area contributed by atoms with E-state index in [1.54, 1.807) is 12.1 Å². The van der Waals surface area contributed by atoms with Crippen molar-refractivity contribution < 1.29 is 4.79 Å². The van der Waals surface area contributed by atoms with E-state index in [4.69, 9.17) is 9.97 Å². The Bertz CT molecular complexity index is 1580. The van der Waals surface area contributed by atoms with Crippen molar-refractivity contribution in [3.8, 4) is 11.3 Å². The highest BCUT2D eigenvalue weighted by Crippen LogP contribution is 2.28. The number of nitrogens with one attached hydrogen (secondary N) is 3. The Morgan fingerprint density at radius 1 is 0.872 bits per heavy atom. The quantitative estimate of drug-likeness (QED) is 0.190. The molecule has 1 atom stereocenters. The summed E-state index contributed by atoms with van der Waals surface area (Å²) >= 11 is 0. The van der Waals surface area contributed by atoms with Crippen LogP contribution >= 0.6 is 0 Å². The summed E-state index contributed by atoms with van der Waals surface area (Å²) in [6.45, 7) is 7.10. The Hall–Kier alpha value is -4.55. The third kappa shape index (κ3) is 6.30. The zero-order chi connectivity index (χ0) is 27.2. The second kappa shape index (κ2) is 11.9. The van der Waals surface area contributed by atoms with E-state index in [0.717, 1.165) is 57.6 Å². The largest absolute Gasteiger partial charge is 0.324 e. The third-order valence-corrected chi connectivity index (χ3v) is 6.87. The maximum atomic E-state index is 13.0. The van der Waals surface area contributed by atoms with Crippen LogP contribution in [-0.2, 0) is 6.54 Å². The van der Waals surface area contributed by atoms with Crippen molar-refractivity contribution in [1.82, 2.24) is 15.3 Å². The second-order valence-corrected chi connectivity index (χ2v) is 9.77. The molecule has 3 N–H and O–H groups in total. The molecule has 0 radical (unpaired) electrons. The van der Waals surface area contributed by atoms with Crippen molar-refractivity contribution in [2.24, 2.45) is 0 Å². The molecule has 5 rings (SSSR count). The van der Waals surface area contributed by atoms with Crippen LogP contribution in [0.2, 0.25) is 0 Å². The normalized spacial score (nSPS) is 11.8. The van der Waals surface area contributed by atoms with Gasteiger partial charge in [-0.1, -0.05) is 67.6 Å². The van der Waals surface area contributed by atoms with Crippen molar-refractivity contribution in [3.63, 3.8) is 0 Å². The monoisotopic (exact) mass is 515 g/mol. The standard InChI is InChI=1S/C33H33N5O/c1-4-23(3)34-21-24-15-14-22(2)30(20-24)36-32(39)26-16-18-27(19-17-26)35-33-37-29-13-9-8-12-28(29)31(38-33)25-10-6-5-7-11-25/h5-20,23,34H,4,21H2,1-3H3,(H,36,39)(H,35,37,38). The number of carbonyl (C=O) groups excluding carboxylic acids is 1. The molecule has 0 spiro atoms. The van der Waals surface area contributed by atoms with Gasteiger partial charge in [-0.25, -0.2) is 9.97 Å². The average molecular weight is 516 g/mol. The molecular weight excluding hydrogens is 482 g/mol. The zero-order valence-electron chi connectivity index (χ0n) is 22.5. The van der Waals surface area contributed by atoms with Gasteiger partial charge in [0, 0.05) is 40.5 Å². The van der Waals surface area contributed by atoms with Crippen LogP contribution < -0.4 is 16.0 Å². The molecule has 5 aromatic rings. The molecule has 0 fully saturated rings. The van der Waals surface area contributed by atoms with Crippen LogP contribution in [0.5, 0.6) is 0 Å². The summed E-state index contributed by atoms with van der Waals surface area (Å²) in [4.78, 5) is 22.6. The molecule has 1 aromatic heterocycles. The number of fused-ring (bicyclic) bond motifs is 1. The minimum absolute atomic E-state index is 0.148. The summed E-state index contributed by atoms with van der Waals surface area (Å²) in [5.41, 5.74) is 7.13. The SMILES string of the molecule is CCC(C)NCc1ccc(C)c(NC(=O)c2ccc(Nc3nc(-c4ccccc4)c4ccccc4n3)cc2)c1. The summed E-state index contributed by atoms with van der Waals surface area (Å²) < 4.78 is 0. The van der Waals surface area contributed by atoms with Crippen LogP contribution in [0, 0.1) is 6.92 Å². The topological polar surface area (TPSA) is 78.9 Å². The van der Waals surface area contributed by atoms with E-state index in [2.05, 4.69) is 35.9 Å². The molecule has 39 heavy (non-hydrogen) atoms. The number of hydrogen-bond acceptors (Lipinski definition) is 5. The fraction of sp³-hybridized carbons (Fsp3) is 0.182. The van der Waals surface area contributed by atoms with E-state index >= 15 is 0 Å². The molecular formula is C33H33N5O. The summed E-state index contributed by atoms with van der Waals surface area (Å²) in [6, 6.07) is 32.1. The minimum atomic E-state index is -0.148. The summed E-state index contributed by atoms with van der Waals surface area (Å²) in [5.74, 6) is 0.355. The van der Waals surface area contributed by atoms with E-state index in [-0.39, 0.29) is 5.91 Å². The second-order valence-electron chi connectivity index (χ2n) is 9.77. The summed E-state index contributed by atoms with van der Waals surface area (Å²) in [7, 11) is 0. The van der Waals surface area contributed by atoms with E-state index in [1.807, 2.05) is 85.8 Å². The molecule has 0 aliphatic carbocycles. The van der Waals surface area contributed by atoms with Crippen molar-refractivity contribution in [3.05, 3.63) is 114 Å². The Labute approximate surface area is 229 Å². The molecule has 196 valence electrons. The van der Waals surface area contributed by atoms with Gasteiger partial charge >= 0.3 is 0 Å². The lowest BCUT2D eigenvalue weighted by Crippen LogP contribution is -2.24. The van der Waals surface area contributed by atoms with Crippen LogP contribution in [0.4, 0.5) is 17.3 Å². The predicted octanol–water partition coefficient (Wildman–Crippen LogP) is 7.49. The van der Waals surface area contributed by atoms with Crippen molar-refractivity contribution in [1.29, 1.82) is 0 Å². The number of anilines is 3. The van der Waals surface area contributed by atoms with Gasteiger partial charge in [0.25, 0.3) is 5.91 Å². The molecule has 0 saturated carbocycles. The molecule has 1 unspecified atom stereocenters. The molecule has 1 heterocycles. The lowest BCUT2D eigenvalue weighted by atomic mass is 10.1. The third-order valence-electron chi connectivity index (χ3n) is 6.87. The Morgan fingerprint density at radius 3 is 2.38 bits per heavy atom. The zero-order valence-corrected chi connectivity index (χ0v) is 22.5. The van der Waals surface area contributed by atoms with Crippen LogP contribution in [-0.4, -0.2) is 21.9 Å². The Balaban J connectivity index is 1.31. The van der Waals surface area contributed by atoms with Gasteiger partial charge in [0.1, 0.15) is 0 Å². The van der Waals surface area contributed by atoms with Gasteiger partial charge in [0.05, 0.1) is 11.2 Å². The molecule has 0 saturated heterocycles. The van der Waals surface area contributed by atoms with Gasteiger partial charge in [0.2, 0.25) is 5.95 Å². The highest BCUT2D eigenvalue weighted by Gasteiger charge is 2.12. The van der Waals surface area contributed by atoms with Gasteiger partial charge in [-0.3, -0.25) is 4.79 Å². The first kappa shape index (κ1) is 26.1. The number of para-hydroxylation sites is 1. The minimum Gasteiger partial charge on any atom is -0.324 e. The van der Waals surface area contributed by atoms with E-state index in [0.29, 0.717) is 17.6 Å². The molecule has 4 aromatic carbocycles. The number of benzene rings is 4. The lowest BCUT2D eigenvalue weighted by molar-refractivity contribution is 0.102. The van der Waals surface area contributed by atoms with Crippen molar-refractivity contribution >= 4 is 34.1 Å². The lowest BCUT2D eigenvalue weighted by Gasteiger charge is -2.14. The van der Waals surface area contributed by atoms with Crippen molar-refractivity contribution in [2.75, 3.05) is 10.6 Å². The van der Waals surface area contributed by atoms with Crippen LogP contribution in [0.3, 0.4) is 0 Å². The molecule has 0 aliphatic heterocycles. The van der Waals surface area contributed by atoms with Gasteiger partial charge < -0.3 is 16.0 Å². The van der Waals surface area contributed by atoms with Crippen LogP contribution in [0.15, 0.2) is 97.1 Å². The van der Waals surface area contributed by atoms with Gasteiger partial charge in [-0.15, -0.1) is 0 Å². The van der Waals surface area contributed by atoms with E-state index in [9.17, 15) is 4.79 Å². The first-order valence-corrected chi connectivity index (χ1v) is 13.3. The van der Waals surface area contributed by atoms with E-state index < -0.39 is 0 Å². The molecule has 6 nitrogen and oxygen atoms in total. The predicted molar refractivity (Wildman–Crippen MR) is 160 cm³/mol. The number of nitrogens with zero attached hydrogens (tertiary/aromatic N) is 2. The first-order chi connectivity index (χ1) is 19.0. The summed E-state index contributed by atoms with van der Waals surface area (Å²) in [5, 5.41) is 10.9. The molecule has 6 heteroatoms. The number of hydrogen-bond donors (Lipinski definition) is 3. The number of rotatable bonds is 9. The highest BCUT2D eigenvalue weighted by molar-refractivity contribution is 6.05. The molecule has 0 aliphatic rings. The fourth-order valence-electron chi connectivity index (χ4n) is 4.33. The molecule has 1 amide bonds. The smallest absolute Gasteiger partial charge is 0.255 e. The average Bonchev–Trinajstić information content (AvgIpc) is 2.97. The molecule has 0 bridgehead atoms. The van der Waals surface area contributed by atoms with Crippen molar-refractivity contribution in [2.45, 2.75) is 39.8 Å². The number of aromatic nitrogens is 2. The van der Waals surface area contributed by atoms with Crippen LogP contribution in [0.1, 0.15) is 41.8 Å². The maximum absolute atomic E-state index is 13.0. The van der Waals surface area contributed by atoms with Gasteiger partial charge in [0.15, 0.2) is 0 Å². The number of carbonyl (C=O) groups is 1. The Morgan fingerprint density at radius 2 is 1.62 bits per heavy atom. The maximum Gasteiger partial charge on any atom is 0.255 e. The Kier molecular flexibility index (Phi) is 7.94. The fourth-order valence-corrected chi connectivity index (χ4v) is 4.33.